The van der Waals surface area contributed by atoms with Gasteiger partial charge in [-0.15, -0.1) is 15.3 Å². The number of carbonyl (C=O) groups is 1. The van der Waals surface area contributed by atoms with E-state index < -0.39 is 5.91 Å². The number of amides is 1. The third kappa shape index (κ3) is 3.91. The summed E-state index contributed by atoms with van der Waals surface area (Å²) >= 11 is 0. The highest BCUT2D eigenvalue weighted by Gasteiger charge is 2.26. The fourth-order valence-electron chi connectivity index (χ4n) is 4.35. The summed E-state index contributed by atoms with van der Waals surface area (Å²) in [6.07, 6.45) is 7.00. The highest BCUT2D eigenvalue weighted by atomic mass is 16.5. The molecule has 0 bridgehead atoms. The van der Waals surface area contributed by atoms with Gasteiger partial charge in [0.1, 0.15) is 28.6 Å². The van der Waals surface area contributed by atoms with Crippen LogP contribution in [0.5, 0.6) is 5.88 Å². The number of rotatable bonds is 5. The van der Waals surface area contributed by atoms with Gasteiger partial charge in [-0.1, -0.05) is 6.07 Å². The number of ether oxygens (including phenoxy) is 1. The summed E-state index contributed by atoms with van der Waals surface area (Å²) in [5, 5.41) is 15.8. The van der Waals surface area contributed by atoms with Crippen molar-refractivity contribution in [3.8, 4) is 17.4 Å². The lowest BCUT2D eigenvalue weighted by Gasteiger charge is -2.21. The quantitative estimate of drug-likeness (QED) is 0.563. The highest BCUT2D eigenvalue weighted by molar-refractivity contribution is 6.05. The summed E-state index contributed by atoms with van der Waals surface area (Å²) in [5.41, 5.74) is 2.70. The number of nitrogens with one attached hydrogen (secondary N) is 1. The maximum absolute atomic E-state index is 13.1. The van der Waals surface area contributed by atoms with Crippen molar-refractivity contribution in [1.82, 2.24) is 34.4 Å². The van der Waals surface area contributed by atoms with Crippen LogP contribution in [0.2, 0.25) is 0 Å². The van der Waals surface area contributed by atoms with Crippen LogP contribution in [0.4, 0.5) is 5.82 Å². The number of anilines is 1. The van der Waals surface area contributed by atoms with Crippen molar-refractivity contribution in [1.29, 1.82) is 0 Å². The van der Waals surface area contributed by atoms with Crippen LogP contribution in [-0.2, 0) is 11.2 Å². The average Bonchev–Trinajstić information content (AvgIpc) is 3.55. The molecule has 1 N–H and O–H groups in total. The van der Waals surface area contributed by atoms with Crippen LogP contribution < -0.4 is 10.1 Å². The molecule has 178 valence electrons. The van der Waals surface area contributed by atoms with E-state index in [0.717, 1.165) is 24.2 Å². The molecule has 5 rings (SSSR count). The number of fused-ring (bicyclic) bond motifs is 1. The Hall–Kier alpha value is -4.50. The fraction of sp³-hybridized carbons (Fsp3) is 0.292. The lowest BCUT2D eigenvalue weighted by molar-refractivity contribution is 0.102. The lowest BCUT2D eigenvalue weighted by Crippen LogP contribution is -2.18. The van der Waals surface area contributed by atoms with Crippen LogP contribution >= 0.6 is 0 Å². The summed E-state index contributed by atoms with van der Waals surface area (Å²) in [7, 11) is 3.19. The molecule has 5 heterocycles. The first-order chi connectivity index (χ1) is 16.9. The molecule has 11 nitrogen and oxygen atoms in total. The first-order valence-corrected chi connectivity index (χ1v) is 11.1. The van der Waals surface area contributed by atoms with Crippen molar-refractivity contribution in [2.75, 3.05) is 19.5 Å². The number of pyridine rings is 1. The molecule has 0 spiro atoms. The largest absolute Gasteiger partial charge is 0.479 e. The smallest absolute Gasteiger partial charge is 0.263 e. The van der Waals surface area contributed by atoms with Crippen LogP contribution in [-0.4, -0.2) is 60.4 Å². The van der Waals surface area contributed by atoms with Gasteiger partial charge in [0.25, 0.3) is 5.91 Å². The van der Waals surface area contributed by atoms with Crippen molar-refractivity contribution in [3.05, 3.63) is 59.3 Å². The normalized spacial score (nSPS) is 17.0. The molecular formula is C24H24N8O3. The molecule has 11 heteroatoms. The summed E-state index contributed by atoms with van der Waals surface area (Å²) in [6.45, 7) is 3.94. The number of likely N-dealkylation sites (N-methyl/N-ethyl adjacent to an activating group) is 1. The van der Waals surface area contributed by atoms with E-state index in [0.29, 0.717) is 34.8 Å². The van der Waals surface area contributed by atoms with Gasteiger partial charge < -0.3 is 19.5 Å². The standard InChI is InChI=1S/C24H24N8O3/c1-14-10-16(11-30(3)19(14)13-33)31-12-17(24(29-31)35-4)23(34)26-20-7-5-6-18(25-20)22-28-27-21-9-8-15(2)32(21)22/h5-7,10-12,15H,8-9H2,1-4H3,(H,25,26,34)/t15-/m0/s1. The highest BCUT2D eigenvalue weighted by Crippen LogP contribution is 2.30. The number of hydrogen-bond donors (Lipinski definition) is 1. The Balaban J connectivity index is 1.41. The second kappa shape index (κ2) is 8.69. The van der Waals surface area contributed by atoms with Gasteiger partial charge in [0.2, 0.25) is 5.88 Å². The van der Waals surface area contributed by atoms with E-state index in [4.69, 9.17) is 4.74 Å². The Bertz CT molecular complexity index is 1440. The van der Waals surface area contributed by atoms with Gasteiger partial charge in [0.05, 0.1) is 12.8 Å². The number of methoxy groups -OCH3 is 1. The van der Waals surface area contributed by atoms with Crippen LogP contribution in [0.3, 0.4) is 0 Å². The van der Waals surface area contributed by atoms with E-state index in [1.165, 1.54) is 11.8 Å². The molecule has 0 unspecified atom stereocenters. The molecule has 2 aliphatic rings. The minimum atomic E-state index is -0.420. The van der Waals surface area contributed by atoms with Crippen LogP contribution in [0.1, 0.15) is 42.5 Å². The summed E-state index contributed by atoms with van der Waals surface area (Å²) in [4.78, 5) is 30.6. The molecule has 1 atom stereocenters. The molecule has 35 heavy (non-hydrogen) atoms. The monoisotopic (exact) mass is 472 g/mol. The van der Waals surface area contributed by atoms with Gasteiger partial charge >= 0.3 is 0 Å². The van der Waals surface area contributed by atoms with Crippen molar-refractivity contribution >= 4 is 23.4 Å². The van der Waals surface area contributed by atoms with Crippen molar-refractivity contribution < 1.29 is 14.3 Å². The van der Waals surface area contributed by atoms with E-state index >= 15 is 0 Å². The second-order valence-electron chi connectivity index (χ2n) is 8.50. The molecular weight excluding hydrogens is 448 g/mol. The predicted molar refractivity (Wildman–Crippen MR) is 128 cm³/mol. The van der Waals surface area contributed by atoms with Gasteiger partial charge in [-0.05, 0) is 44.1 Å². The Labute approximate surface area is 201 Å². The maximum Gasteiger partial charge on any atom is 0.263 e. The van der Waals surface area contributed by atoms with Gasteiger partial charge in [-0.2, -0.15) is 0 Å². The number of carbonyl (C=O) groups excluding carboxylic acids is 2. The zero-order valence-electron chi connectivity index (χ0n) is 19.8. The van der Waals surface area contributed by atoms with E-state index in [1.807, 2.05) is 25.0 Å². The Morgan fingerprint density at radius 3 is 2.86 bits per heavy atom. The molecule has 3 aromatic rings. The Morgan fingerprint density at radius 1 is 1.29 bits per heavy atom. The lowest BCUT2D eigenvalue weighted by atomic mass is 10.1. The Kier molecular flexibility index (Phi) is 5.54. The minimum Gasteiger partial charge on any atom is -0.479 e. The van der Waals surface area contributed by atoms with Crippen LogP contribution in [0.15, 0.2) is 47.9 Å². The van der Waals surface area contributed by atoms with E-state index in [9.17, 15) is 9.59 Å². The first-order valence-electron chi connectivity index (χ1n) is 11.1. The molecule has 0 saturated carbocycles. The molecule has 3 aromatic heterocycles. The van der Waals surface area contributed by atoms with Crippen molar-refractivity contribution in [2.24, 2.45) is 0 Å². The van der Waals surface area contributed by atoms with E-state index in [2.05, 4.69) is 37.1 Å². The second-order valence-corrected chi connectivity index (χ2v) is 8.50. The summed E-state index contributed by atoms with van der Waals surface area (Å²) in [5.74, 6) is 3.67. The molecule has 2 aliphatic heterocycles. The zero-order chi connectivity index (χ0) is 24.7. The fourth-order valence-corrected chi connectivity index (χ4v) is 4.35. The Morgan fingerprint density at radius 2 is 2.11 bits per heavy atom. The number of allylic oxidation sites excluding steroid dienone is 3. The van der Waals surface area contributed by atoms with E-state index in [1.54, 1.807) is 36.5 Å². The van der Waals surface area contributed by atoms with Crippen molar-refractivity contribution in [2.45, 2.75) is 32.7 Å². The molecule has 0 aliphatic carbocycles. The van der Waals surface area contributed by atoms with Crippen LogP contribution in [0, 0.1) is 0 Å². The zero-order valence-corrected chi connectivity index (χ0v) is 19.8. The summed E-state index contributed by atoms with van der Waals surface area (Å²) < 4.78 is 8.97. The van der Waals surface area contributed by atoms with Gasteiger partial charge in [0, 0.05) is 31.9 Å². The van der Waals surface area contributed by atoms with Crippen molar-refractivity contribution in [3.63, 3.8) is 0 Å². The summed E-state index contributed by atoms with van der Waals surface area (Å²) in [6, 6.07) is 5.67. The number of nitrogens with zero attached hydrogens (tertiary/aromatic N) is 7. The van der Waals surface area contributed by atoms with Crippen LogP contribution in [0.25, 0.3) is 17.2 Å². The molecule has 0 saturated heterocycles. The molecule has 0 fully saturated rings. The number of aromatic nitrogens is 6. The average molecular weight is 473 g/mol. The number of aryl methyl sites for hydroxylation is 1. The molecule has 1 amide bonds. The SMILES string of the molecule is COc1nn(C2=CN(C)C(=C=O)C(C)=C2)cc1C(=O)Nc1cccc(-c2nnc3n2[C@@H](C)CC3)n1. The van der Waals surface area contributed by atoms with E-state index in [-0.39, 0.29) is 11.4 Å². The maximum atomic E-state index is 13.1. The predicted octanol–water partition coefficient (Wildman–Crippen LogP) is 2.71. The third-order valence-corrected chi connectivity index (χ3v) is 6.11. The molecule has 0 aromatic carbocycles. The van der Waals surface area contributed by atoms with Gasteiger partial charge in [-0.25, -0.2) is 14.5 Å². The van der Waals surface area contributed by atoms with Gasteiger partial charge in [0.15, 0.2) is 11.8 Å². The third-order valence-electron chi connectivity index (χ3n) is 6.11. The minimum absolute atomic E-state index is 0.161. The van der Waals surface area contributed by atoms with Gasteiger partial charge in [-0.3, -0.25) is 4.79 Å². The first kappa shape index (κ1) is 22.3. The topological polar surface area (TPSA) is 120 Å². The molecule has 0 radical (unpaired) electrons. The number of hydrogen-bond acceptors (Lipinski definition) is 8.